The van der Waals surface area contributed by atoms with Crippen LogP contribution in [0, 0.1) is 28.1 Å². The van der Waals surface area contributed by atoms with E-state index in [1.807, 2.05) is 19.9 Å². The minimum atomic E-state index is -0.873. The molecule has 1 aliphatic rings. The van der Waals surface area contributed by atoms with Crippen molar-refractivity contribution in [2.45, 2.75) is 26.7 Å². The fraction of sp³-hybridized carbons (Fsp3) is 0.500. The van der Waals surface area contributed by atoms with Crippen molar-refractivity contribution >= 4 is 11.9 Å². The summed E-state index contributed by atoms with van der Waals surface area (Å²) >= 11 is 0. The summed E-state index contributed by atoms with van der Waals surface area (Å²) in [5, 5.41) is 28.5. The Morgan fingerprint density at radius 3 is 2.46 bits per heavy atom. The van der Waals surface area contributed by atoms with E-state index in [9.17, 15) is 25.2 Å². The number of ether oxygens (including phenoxy) is 2. The van der Waals surface area contributed by atoms with Gasteiger partial charge in [-0.2, -0.15) is 10.5 Å². The van der Waals surface area contributed by atoms with Gasteiger partial charge in [0, 0.05) is 25.4 Å². The van der Waals surface area contributed by atoms with Crippen LogP contribution in [0.4, 0.5) is 0 Å². The predicted octanol–water partition coefficient (Wildman–Crippen LogP) is 1.60. The predicted molar refractivity (Wildman–Crippen MR) is 100 cm³/mol. The monoisotopic (exact) mass is 387 g/mol. The van der Waals surface area contributed by atoms with E-state index >= 15 is 0 Å². The van der Waals surface area contributed by atoms with Crippen LogP contribution in [-0.4, -0.2) is 55.4 Å². The molecule has 0 aromatic carbocycles. The summed E-state index contributed by atoms with van der Waals surface area (Å²) < 4.78 is 9.76. The Morgan fingerprint density at radius 2 is 1.93 bits per heavy atom. The molecule has 1 N–H and O–H groups in total. The zero-order chi connectivity index (χ0) is 21.3. The van der Waals surface area contributed by atoms with Gasteiger partial charge >= 0.3 is 11.9 Å². The van der Waals surface area contributed by atoms with E-state index in [-0.39, 0.29) is 36.4 Å². The van der Waals surface area contributed by atoms with Crippen molar-refractivity contribution < 1.29 is 24.2 Å². The average molecular weight is 387 g/mol. The van der Waals surface area contributed by atoms with Gasteiger partial charge in [-0.15, -0.1) is 0 Å². The number of nitriles is 2. The van der Waals surface area contributed by atoms with Crippen LogP contribution >= 0.6 is 0 Å². The second-order valence-electron chi connectivity index (χ2n) is 7.07. The van der Waals surface area contributed by atoms with Gasteiger partial charge in [0.2, 0.25) is 0 Å². The number of rotatable bonds is 8. The Labute approximate surface area is 164 Å². The summed E-state index contributed by atoms with van der Waals surface area (Å²) in [7, 11) is 1.75. The van der Waals surface area contributed by atoms with E-state index in [4.69, 9.17) is 9.47 Å². The summed E-state index contributed by atoms with van der Waals surface area (Å²) in [6.07, 6.45) is 1.92. The Hall–Kier alpha value is -3.10. The molecule has 0 radical (unpaired) electrons. The first kappa shape index (κ1) is 22.9. The molecule has 0 saturated heterocycles. The molecule has 0 aliphatic heterocycles. The van der Waals surface area contributed by atoms with Gasteiger partial charge in [0.05, 0.1) is 12.2 Å². The van der Waals surface area contributed by atoms with Crippen molar-refractivity contribution in [1.82, 2.24) is 4.90 Å². The standard InChI is InChI=1S/C20H25N3O5/c1-5-18(25)27-8-9-28-19(26)16(13-22)14-10-20(2,3)11-17(15(14)12-21)23(4)6-7-24/h5,24H,1,6-11H2,2-4H3/b16-14-. The van der Waals surface area contributed by atoms with Crippen molar-refractivity contribution in [2.24, 2.45) is 5.41 Å². The van der Waals surface area contributed by atoms with Crippen LogP contribution in [0.2, 0.25) is 0 Å². The second kappa shape index (κ2) is 10.3. The van der Waals surface area contributed by atoms with Gasteiger partial charge in [0.1, 0.15) is 30.9 Å². The highest BCUT2D eigenvalue weighted by molar-refractivity contribution is 5.95. The summed E-state index contributed by atoms with van der Waals surface area (Å²) in [6, 6.07) is 3.95. The highest BCUT2D eigenvalue weighted by atomic mass is 16.6. The molecule has 0 bridgehead atoms. The van der Waals surface area contributed by atoms with Crippen molar-refractivity contribution in [3.8, 4) is 12.1 Å². The van der Waals surface area contributed by atoms with Gasteiger partial charge in [-0.3, -0.25) is 0 Å². The molecule has 1 rings (SSSR count). The first-order valence-corrected chi connectivity index (χ1v) is 8.76. The lowest BCUT2D eigenvalue weighted by atomic mass is 9.72. The van der Waals surface area contributed by atoms with Crippen molar-refractivity contribution in [1.29, 1.82) is 10.5 Å². The minimum Gasteiger partial charge on any atom is -0.459 e. The zero-order valence-electron chi connectivity index (χ0n) is 16.4. The summed E-state index contributed by atoms with van der Waals surface area (Å²) in [4.78, 5) is 25.2. The van der Waals surface area contributed by atoms with E-state index < -0.39 is 11.9 Å². The Bertz CT molecular complexity index is 781. The fourth-order valence-electron chi connectivity index (χ4n) is 2.95. The smallest absolute Gasteiger partial charge is 0.349 e. The third kappa shape index (κ3) is 5.97. The molecule has 0 amide bonds. The van der Waals surface area contributed by atoms with E-state index in [2.05, 4.69) is 12.6 Å². The number of carbonyl (C=O) groups is 2. The molecular weight excluding hydrogens is 362 g/mol. The van der Waals surface area contributed by atoms with Gasteiger partial charge in [-0.05, 0) is 23.8 Å². The molecule has 0 atom stereocenters. The maximum Gasteiger partial charge on any atom is 0.349 e. The molecule has 28 heavy (non-hydrogen) atoms. The topological polar surface area (TPSA) is 124 Å². The molecule has 150 valence electrons. The van der Waals surface area contributed by atoms with E-state index in [1.54, 1.807) is 11.9 Å². The van der Waals surface area contributed by atoms with Gasteiger partial charge in [0.25, 0.3) is 0 Å². The lowest BCUT2D eigenvalue weighted by molar-refractivity contribution is -0.146. The number of hydrogen-bond donors (Lipinski definition) is 1. The molecule has 0 aromatic heterocycles. The summed E-state index contributed by atoms with van der Waals surface area (Å²) in [5.41, 5.74) is 0.713. The van der Waals surface area contributed by atoms with Crippen molar-refractivity contribution in [2.75, 3.05) is 33.4 Å². The largest absolute Gasteiger partial charge is 0.459 e. The Kier molecular flexibility index (Phi) is 8.43. The first-order valence-electron chi connectivity index (χ1n) is 8.76. The fourth-order valence-corrected chi connectivity index (χ4v) is 2.95. The molecule has 0 fully saturated rings. The average Bonchev–Trinajstić information content (AvgIpc) is 2.64. The number of hydrogen-bond acceptors (Lipinski definition) is 8. The number of aliphatic hydroxyl groups excluding tert-OH is 1. The first-order chi connectivity index (χ1) is 13.2. The van der Waals surface area contributed by atoms with Gasteiger partial charge in [-0.1, -0.05) is 20.4 Å². The van der Waals surface area contributed by atoms with E-state index in [0.29, 0.717) is 30.7 Å². The molecule has 1 aliphatic carbocycles. The Morgan fingerprint density at radius 1 is 1.29 bits per heavy atom. The van der Waals surface area contributed by atoms with Crippen LogP contribution in [0.5, 0.6) is 0 Å². The van der Waals surface area contributed by atoms with Crippen LogP contribution in [0.15, 0.2) is 35.1 Å². The molecular formula is C20H25N3O5. The highest BCUT2D eigenvalue weighted by Crippen LogP contribution is 2.43. The number of likely N-dealkylation sites (N-methyl/N-ethyl adjacent to an activating group) is 1. The summed E-state index contributed by atoms with van der Waals surface area (Å²) in [6.45, 7) is 7.06. The van der Waals surface area contributed by atoms with Crippen molar-refractivity contribution in [3.05, 3.63) is 35.1 Å². The third-order valence-electron chi connectivity index (χ3n) is 4.24. The molecule has 8 nitrogen and oxygen atoms in total. The van der Waals surface area contributed by atoms with Gasteiger partial charge in [0.15, 0.2) is 0 Å². The highest BCUT2D eigenvalue weighted by Gasteiger charge is 2.35. The lowest BCUT2D eigenvalue weighted by Crippen LogP contribution is -2.31. The van der Waals surface area contributed by atoms with Crippen LogP contribution in [0.1, 0.15) is 26.7 Å². The maximum atomic E-state index is 12.4. The van der Waals surface area contributed by atoms with Crippen LogP contribution in [0.3, 0.4) is 0 Å². The third-order valence-corrected chi connectivity index (χ3v) is 4.24. The molecule has 0 spiro atoms. The normalized spacial score (nSPS) is 17.1. The number of esters is 2. The SMILES string of the molecule is C=CC(=O)OCCOC(=O)/C(C#N)=C1/CC(C)(C)CC(N(C)CCO)=C1C#N. The van der Waals surface area contributed by atoms with E-state index in [0.717, 1.165) is 6.08 Å². The molecule has 0 aromatic rings. The number of carbonyl (C=O) groups excluding carboxylic acids is 2. The zero-order valence-corrected chi connectivity index (χ0v) is 16.4. The van der Waals surface area contributed by atoms with Crippen LogP contribution in [0.25, 0.3) is 0 Å². The second-order valence-corrected chi connectivity index (χ2v) is 7.07. The molecule has 0 saturated carbocycles. The van der Waals surface area contributed by atoms with Crippen LogP contribution in [-0.2, 0) is 19.1 Å². The molecule has 0 heterocycles. The lowest BCUT2D eigenvalue weighted by Gasteiger charge is -2.37. The summed E-state index contributed by atoms with van der Waals surface area (Å²) in [5.74, 6) is -1.52. The van der Waals surface area contributed by atoms with E-state index in [1.165, 1.54) is 0 Å². The Balaban J connectivity index is 3.21. The van der Waals surface area contributed by atoms with Gasteiger partial charge < -0.3 is 19.5 Å². The molecule has 8 heteroatoms. The maximum absolute atomic E-state index is 12.4. The van der Waals surface area contributed by atoms with Crippen molar-refractivity contribution in [3.63, 3.8) is 0 Å². The number of allylic oxidation sites excluding steroid dienone is 3. The minimum absolute atomic E-state index is 0.0885. The quantitative estimate of drug-likeness (QED) is 0.288. The molecule has 0 unspecified atom stereocenters. The number of nitrogens with zero attached hydrogens (tertiary/aromatic N) is 3. The van der Waals surface area contributed by atoms with Crippen LogP contribution < -0.4 is 0 Å². The number of aliphatic hydroxyl groups is 1. The van der Waals surface area contributed by atoms with Gasteiger partial charge in [-0.25, -0.2) is 9.59 Å².